The lowest BCUT2D eigenvalue weighted by Gasteiger charge is -2.31. The summed E-state index contributed by atoms with van der Waals surface area (Å²) < 4.78 is 0. The molecule has 1 aliphatic heterocycles. The summed E-state index contributed by atoms with van der Waals surface area (Å²) >= 11 is 0. The predicted octanol–water partition coefficient (Wildman–Crippen LogP) is 6.13. The summed E-state index contributed by atoms with van der Waals surface area (Å²) in [4.78, 5) is 5.19. The van der Waals surface area contributed by atoms with Crippen LogP contribution in [0.4, 0.5) is 0 Å². The average molecular weight is 602 g/mol. The topological polar surface area (TPSA) is 12.9 Å². The van der Waals surface area contributed by atoms with Crippen molar-refractivity contribution >= 4 is 47.3 Å². The van der Waals surface area contributed by atoms with Crippen molar-refractivity contribution in [3.63, 3.8) is 0 Å². The zero-order valence-electron chi connectivity index (χ0n) is 26.1. The van der Waals surface area contributed by atoms with E-state index in [2.05, 4.69) is 173 Å². The monoisotopic (exact) mass is 601 g/mol. The van der Waals surface area contributed by atoms with Gasteiger partial charge in [-0.2, -0.15) is 0 Å². The highest BCUT2D eigenvalue weighted by atomic mass is 28.3. The first kappa shape index (κ1) is 28.5. The normalized spacial score (nSPS) is 13.5. The van der Waals surface area contributed by atoms with Crippen molar-refractivity contribution in [1.82, 2.24) is 4.98 Å². The molecule has 0 radical (unpaired) electrons. The third kappa shape index (κ3) is 4.63. The van der Waals surface area contributed by atoms with Gasteiger partial charge in [-0.15, -0.1) is 0 Å². The molecule has 0 aliphatic carbocycles. The van der Waals surface area contributed by atoms with Crippen LogP contribution in [0.3, 0.4) is 0 Å². The fourth-order valence-corrected chi connectivity index (χ4v) is 15.3. The summed E-state index contributed by atoms with van der Waals surface area (Å²) in [5.41, 5.74) is 6.43. The molecule has 1 aromatic heterocycles. The van der Waals surface area contributed by atoms with E-state index in [1.165, 1.54) is 53.4 Å². The second-order valence-corrected chi connectivity index (χ2v) is 21.2. The average Bonchev–Trinajstić information content (AvgIpc) is 3.36. The summed E-state index contributed by atoms with van der Waals surface area (Å²) in [5.74, 6) is 0.569. The highest BCUT2D eigenvalue weighted by Crippen LogP contribution is 2.32. The molecule has 0 bridgehead atoms. The number of aromatic nitrogens is 1. The minimum atomic E-state index is -2.47. The first-order chi connectivity index (χ1) is 21.4. The minimum Gasteiger partial charge on any atom is -0.256 e. The lowest BCUT2D eigenvalue weighted by Crippen LogP contribution is -2.72. The smallest absolute Gasteiger partial charge is 0.180 e. The molecular weight excluding hydrogens is 563 g/mol. The van der Waals surface area contributed by atoms with Crippen LogP contribution in [0.5, 0.6) is 0 Å². The molecular formula is C41H39NSi2. The van der Waals surface area contributed by atoms with E-state index in [1.54, 1.807) is 0 Å². The van der Waals surface area contributed by atoms with Crippen LogP contribution in [-0.4, -0.2) is 21.1 Å². The van der Waals surface area contributed by atoms with Crippen LogP contribution < -0.4 is 31.1 Å². The molecule has 5 aromatic carbocycles. The lowest BCUT2D eigenvalue weighted by atomic mass is 9.99. The highest BCUT2D eigenvalue weighted by Gasteiger charge is 2.48. The maximum Gasteiger partial charge on any atom is 0.180 e. The van der Waals surface area contributed by atoms with Crippen molar-refractivity contribution in [1.29, 1.82) is 0 Å². The summed E-state index contributed by atoms with van der Waals surface area (Å²) in [7, 11) is -4.37. The molecule has 0 unspecified atom stereocenters. The number of pyridine rings is 1. The van der Waals surface area contributed by atoms with Gasteiger partial charge in [0.2, 0.25) is 0 Å². The van der Waals surface area contributed by atoms with Gasteiger partial charge in [0.15, 0.2) is 8.07 Å². The maximum atomic E-state index is 5.19. The summed E-state index contributed by atoms with van der Waals surface area (Å²) in [6.45, 7) is 9.58. The lowest BCUT2D eigenvalue weighted by molar-refractivity contribution is 0.649. The minimum absolute atomic E-state index is 0.569. The van der Waals surface area contributed by atoms with Gasteiger partial charge in [-0.3, -0.25) is 4.98 Å². The Morgan fingerprint density at radius 2 is 1.18 bits per heavy atom. The molecule has 1 aliphatic rings. The number of nitrogens with zero attached hydrogens (tertiary/aromatic N) is 1. The van der Waals surface area contributed by atoms with Crippen LogP contribution in [0.25, 0.3) is 22.4 Å². The van der Waals surface area contributed by atoms with E-state index < -0.39 is 16.1 Å². The van der Waals surface area contributed by atoms with Crippen LogP contribution in [0, 0.1) is 5.92 Å². The van der Waals surface area contributed by atoms with E-state index in [4.69, 9.17) is 4.98 Å². The van der Waals surface area contributed by atoms with E-state index in [0.29, 0.717) is 5.92 Å². The van der Waals surface area contributed by atoms with Crippen molar-refractivity contribution in [2.24, 2.45) is 5.92 Å². The Morgan fingerprint density at radius 1 is 0.614 bits per heavy atom. The van der Waals surface area contributed by atoms with Gasteiger partial charge in [-0.25, -0.2) is 0 Å². The molecule has 1 nitrogen and oxygen atoms in total. The summed E-state index contributed by atoms with van der Waals surface area (Å²) in [5, 5.41) is 8.71. The Morgan fingerprint density at radius 3 is 1.82 bits per heavy atom. The van der Waals surface area contributed by atoms with Gasteiger partial charge in [-0.05, 0) is 67.1 Å². The van der Waals surface area contributed by atoms with Crippen molar-refractivity contribution < 1.29 is 0 Å². The maximum absolute atomic E-state index is 5.19. The molecule has 216 valence electrons. The van der Waals surface area contributed by atoms with E-state index >= 15 is 0 Å². The predicted molar refractivity (Wildman–Crippen MR) is 194 cm³/mol. The molecule has 7 rings (SSSR count). The van der Waals surface area contributed by atoms with Crippen LogP contribution in [-0.2, 0) is 6.42 Å². The molecule has 3 heteroatoms. The van der Waals surface area contributed by atoms with Crippen molar-refractivity contribution in [2.75, 3.05) is 0 Å². The zero-order valence-corrected chi connectivity index (χ0v) is 28.1. The standard InChI is InChI=1S/C41H39NSi2/c1-30(2)26-32-28-38(42-29-41(32)43(3,4)33-16-8-5-9-17-33)31-24-25-40-37(27-31)36-22-14-15-23-39(36)44(40,34-18-10-6-11-19-34)35-20-12-7-13-21-35/h5-25,27-30H,26H2,1-4H3. The summed E-state index contributed by atoms with van der Waals surface area (Å²) in [6.07, 6.45) is 3.26. The van der Waals surface area contributed by atoms with Crippen molar-refractivity contribution in [2.45, 2.75) is 33.4 Å². The molecule has 0 atom stereocenters. The van der Waals surface area contributed by atoms with Gasteiger partial charge < -0.3 is 0 Å². The van der Waals surface area contributed by atoms with Gasteiger partial charge in [-0.1, -0.05) is 160 Å². The van der Waals surface area contributed by atoms with Gasteiger partial charge in [0.25, 0.3) is 0 Å². The Hall–Kier alpha value is -4.32. The largest absolute Gasteiger partial charge is 0.256 e. The fraction of sp³-hybridized carbons (Fsp3) is 0.146. The Balaban J connectivity index is 1.41. The van der Waals surface area contributed by atoms with Crippen LogP contribution in [0.1, 0.15) is 19.4 Å². The number of benzene rings is 5. The number of rotatable bonds is 7. The molecule has 0 N–H and O–H groups in total. The SMILES string of the molecule is CC(C)Cc1cc(-c2ccc3c(c2)-c2ccccc2[Si]3(c2ccccc2)c2ccccc2)ncc1[Si](C)(C)c1ccccc1. The molecule has 0 spiro atoms. The van der Waals surface area contributed by atoms with Crippen LogP contribution in [0.2, 0.25) is 13.1 Å². The molecule has 6 aromatic rings. The highest BCUT2D eigenvalue weighted by molar-refractivity contribution is 7.22. The van der Waals surface area contributed by atoms with E-state index in [1.807, 2.05) is 0 Å². The van der Waals surface area contributed by atoms with E-state index in [9.17, 15) is 0 Å². The molecule has 44 heavy (non-hydrogen) atoms. The zero-order chi connectivity index (χ0) is 30.3. The number of hydrogen-bond donors (Lipinski definition) is 0. The van der Waals surface area contributed by atoms with Crippen LogP contribution in [0.15, 0.2) is 146 Å². The third-order valence-corrected chi connectivity index (χ3v) is 18.0. The molecule has 0 saturated heterocycles. The van der Waals surface area contributed by atoms with Crippen molar-refractivity contribution in [3.8, 4) is 22.4 Å². The first-order valence-electron chi connectivity index (χ1n) is 15.8. The fourth-order valence-electron chi connectivity index (χ4n) is 7.45. The number of hydrogen-bond acceptors (Lipinski definition) is 1. The molecule has 0 fully saturated rings. The van der Waals surface area contributed by atoms with Crippen molar-refractivity contribution in [3.05, 3.63) is 151 Å². The van der Waals surface area contributed by atoms with Gasteiger partial charge in [0, 0.05) is 11.8 Å². The second kappa shape index (κ2) is 11.3. The van der Waals surface area contributed by atoms with Gasteiger partial charge in [0.05, 0.1) is 5.69 Å². The summed E-state index contributed by atoms with van der Waals surface area (Å²) in [6, 6.07) is 52.2. The third-order valence-electron chi connectivity index (χ3n) is 9.54. The first-order valence-corrected chi connectivity index (χ1v) is 20.8. The molecule has 2 heterocycles. The Labute approximate surface area is 264 Å². The Bertz CT molecular complexity index is 1890. The van der Waals surface area contributed by atoms with E-state index in [0.717, 1.165) is 12.1 Å². The van der Waals surface area contributed by atoms with Crippen LogP contribution >= 0.6 is 0 Å². The molecule has 0 saturated carbocycles. The number of fused-ring (bicyclic) bond motifs is 3. The van der Waals surface area contributed by atoms with E-state index in [-0.39, 0.29) is 0 Å². The van der Waals surface area contributed by atoms with Gasteiger partial charge >= 0.3 is 0 Å². The Kier molecular flexibility index (Phi) is 7.32. The quantitative estimate of drug-likeness (QED) is 0.201. The van der Waals surface area contributed by atoms with Gasteiger partial charge in [0.1, 0.15) is 8.07 Å². The molecule has 0 amide bonds. The second-order valence-electron chi connectivity index (χ2n) is 13.1.